The Hall–Kier alpha value is -1.62. The summed E-state index contributed by atoms with van der Waals surface area (Å²) in [5.41, 5.74) is 0.944. The van der Waals surface area contributed by atoms with E-state index in [9.17, 15) is 4.79 Å². The minimum atomic E-state index is -1.07. The molecule has 1 N–H and O–H groups in total. The van der Waals surface area contributed by atoms with Crippen molar-refractivity contribution >= 4 is 23.2 Å². The molecule has 0 unspecified atom stereocenters. The Morgan fingerprint density at radius 2 is 2.29 bits per heavy atom. The number of hydrogen-bond acceptors (Lipinski definition) is 3. The average Bonchev–Trinajstić information content (AvgIpc) is 2.44. The summed E-state index contributed by atoms with van der Waals surface area (Å²) in [4.78, 5) is 14.6. The summed E-state index contributed by atoms with van der Waals surface area (Å²) >= 11 is 5.67. The van der Waals surface area contributed by atoms with E-state index in [-0.39, 0.29) is 5.69 Å². The number of imidazole rings is 1. The molecule has 2 aromatic rings. The predicted octanol–water partition coefficient (Wildman–Crippen LogP) is 1.39. The number of aromatic carboxylic acids is 1. The van der Waals surface area contributed by atoms with Gasteiger partial charge in [-0.2, -0.15) is 5.10 Å². The maximum Gasteiger partial charge on any atom is 0.356 e. The predicted molar refractivity (Wildman–Crippen MR) is 49.7 cm³/mol. The topological polar surface area (TPSA) is 67.5 Å². The lowest BCUT2D eigenvalue weighted by molar-refractivity contribution is 0.0690. The Morgan fingerprint density at radius 1 is 1.57 bits per heavy atom. The number of aromatic nitrogens is 3. The van der Waals surface area contributed by atoms with Gasteiger partial charge in [0.1, 0.15) is 5.15 Å². The van der Waals surface area contributed by atoms with Gasteiger partial charge in [-0.25, -0.2) is 14.3 Å². The lowest BCUT2D eigenvalue weighted by Gasteiger charge is -1.94. The number of carboxylic acids is 1. The number of halogens is 1. The molecule has 0 aromatic carbocycles. The van der Waals surface area contributed by atoms with Gasteiger partial charge in [-0.05, 0) is 19.1 Å². The van der Waals surface area contributed by atoms with E-state index in [2.05, 4.69) is 10.1 Å². The van der Waals surface area contributed by atoms with Gasteiger partial charge in [-0.3, -0.25) is 0 Å². The van der Waals surface area contributed by atoms with Crippen molar-refractivity contribution in [2.24, 2.45) is 0 Å². The van der Waals surface area contributed by atoms with Crippen LogP contribution in [0.4, 0.5) is 0 Å². The largest absolute Gasteiger partial charge is 0.476 e. The molecule has 0 bridgehead atoms. The summed E-state index contributed by atoms with van der Waals surface area (Å²) in [6, 6.07) is 3.18. The van der Waals surface area contributed by atoms with Crippen LogP contribution in [0.25, 0.3) is 5.65 Å². The fourth-order valence-corrected chi connectivity index (χ4v) is 1.36. The van der Waals surface area contributed by atoms with Crippen LogP contribution in [-0.4, -0.2) is 25.7 Å². The van der Waals surface area contributed by atoms with E-state index in [0.717, 1.165) is 0 Å². The SMILES string of the molecule is Cc1c(C(=O)O)nc2ccc(Cl)nn12. The molecule has 0 spiro atoms. The third kappa shape index (κ3) is 1.22. The summed E-state index contributed by atoms with van der Waals surface area (Å²) in [5, 5.41) is 13.0. The van der Waals surface area contributed by atoms with Crippen molar-refractivity contribution in [3.05, 3.63) is 28.7 Å². The molecule has 2 rings (SSSR count). The molecule has 0 radical (unpaired) electrons. The number of carboxylic acid groups (broad SMARTS) is 1. The number of fused-ring (bicyclic) bond motifs is 1. The van der Waals surface area contributed by atoms with Crippen LogP contribution in [0.2, 0.25) is 5.15 Å². The van der Waals surface area contributed by atoms with E-state index < -0.39 is 5.97 Å². The van der Waals surface area contributed by atoms with E-state index in [1.54, 1.807) is 19.1 Å². The second-order valence-corrected chi connectivity index (χ2v) is 3.16. The fraction of sp³-hybridized carbons (Fsp3) is 0.125. The highest BCUT2D eigenvalue weighted by molar-refractivity contribution is 6.29. The number of hydrogen-bond donors (Lipinski definition) is 1. The van der Waals surface area contributed by atoms with Crippen molar-refractivity contribution < 1.29 is 9.90 Å². The number of rotatable bonds is 1. The summed E-state index contributed by atoms with van der Waals surface area (Å²) in [6.45, 7) is 1.63. The van der Waals surface area contributed by atoms with Crippen molar-refractivity contribution in [2.45, 2.75) is 6.92 Å². The first-order valence-electron chi connectivity index (χ1n) is 3.85. The van der Waals surface area contributed by atoms with Gasteiger partial charge in [0.15, 0.2) is 11.3 Å². The van der Waals surface area contributed by atoms with Crippen LogP contribution in [0.3, 0.4) is 0 Å². The molecule has 0 atom stereocenters. The molecule has 0 saturated heterocycles. The molecule has 14 heavy (non-hydrogen) atoms. The van der Waals surface area contributed by atoms with Gasteiger partial charge >= 0.3 is 5.97 Å². The zero-order valence-corrected chi connectivity index (χ0v) is 7.99. The standard InChI is InChI=1S/C8H6ClN3O2/c1-4-7(8(13)14)10-6-3-2-5(9)11-12(4)6/h2-3H,1H3,(H,13,14). The average molecular weight is 212 g/mol. The monoisotopic (exact) mass is 211 g/mol. The summed E-state index contributed by atoms with van der Waals surface area (Å²) in [5.74, 6) is -1.07. The Bertz CT molecular complexity index is 521. The molecule has 0 saturated carbocycles. The smallest absolute Gasteiger partial charge is 0.356 e. The molecule has 2 aromatic heterocycles. The van der Waals surface area contributed by atoms with Crippen molar-refractivity contribution in [3.63, 3.8) is 0 Å². The summed E-state index contributed by atoms with van der Waals surface area (Å²) < 4.78 is 1.41. The number of carbonyl (C=O) groups is 1. The molecule has 0 aliphatic carbocycles. The van der Waals surface area contributed by atoms with E-state index in [4.69, 9.17) is 16.7 Å². The highest BCUT2D eigenvalue weighted by Crippen LogP contribution is 2.12. The molecule has 72 valence electrons. The molecule has 6 heteroatoms. The van der Waals surface area contributed by atoms with Gasteiger partial charge in [-0.15, -0.1) is 0 Å². The zero-order valence-electron chi connectivity index (χ0n) is 7.23. The quantitative estimate of drug-likeness (QED) is 0.774. The minimum Gasteiger partial charge on any atom is -0.476 e. The van der Waals surface area contributed by atoms with Gasteiger partial charge in [0.2, 0.25) is 0 Å². The Morgan fingerprint density at radius 3 is 2.93 bits per heavy atom. The highest BCUT2D eigenvalue weighted by Gasteiger charge is 2.15. The maximum atomic E-state index is 10.7. The molecule has 2 heterocycles. The lowest BCUT2D eigenvalue weighted by atomic mass is 10.3. The second-order valence-electron chi connectivity index (χ2n) is 2.78. The zero-order chi connectivity index (χ0) is 10.3. The Balaban J connectivity index is 2.80. The molecule has 0 amide bonds. The highest BCUT2D eigenvalue weighted by atomic mass is 35.5. The summed E-state index contributed by atoms with van der Waals surface area (Å²) in [6.07, 6.45) is 0. The van der Waals surface area contributed by atoms with Crippen molar-refractivity contribution in [1.82, 2.24) is 14.6 Å². The summed E-state index contributed by atoms with van der Waals surface area (Å²) in [7, 11) is 0. The normalized spacial score (nSPS) is 10.7. The van der Waals surface area contributed by atoms with Crippen LogP contribution in [0.15, 0.2) is 12.1 Å². The second kappa shape index (κ2) is 2.95. The van der Waals surface area contributed by atoms with E-state index in [1.807, 2.05) is 0 Å². The van der Waals surface area contributed by atoms with E-state index in [0.29, 0.717) is 16.5 Å². The van der Waals surface area contributed by atoms with Crippen LogP contribution in [0, 0.1) is 6.92 Å². The first-order valence-corrected chi connectivity index (χ1v) is 4.22. The number of nitrogens with zero attached hydrogens (tertiary/aromatic N) is 3. The maximum absolute atomic E-state index is 10.7. The number of aryl methyl sites for hydroxylation is 1. The molecule has 0 fully saturated rings. The van der Waals surface area contributed by atoms with Crippen molar-refractivity contribution in [3.8, 4) is 0 Å². The van der Waals surface area contributed by atoms with E-state index in [1.165, 1.54) is 4.52 Å². The fourth-order valence-electron chi connectivity index (χ4n) is 1.22. The van der Waals surface area contributed by atoms with Gasteiger partial charge in [0, 0.05) is 0 Å². The Kier molecular flexibility index (Phi) is 1.89. The lowest BCUT2D eigenvalue weighted by Crippen LogP contribution is -2.00. The van der Waals surface area contributed by atoms with Crippen LogP contribution in [-0.2, 0) is 0 Å². The van der Waals surface area contributed by atoms with Crippen LogP contribution in [0.5, 0.6) is 0 Å². The van der Waals surface area contributed by atoms with Crippen molar-refractivity contribution in [1.29, 1.82) is 0 Å². The van der Waals surface area contributed by atoms with Gasteiger partial charge in [-0.1, -0.05) is 11.6 Å². The molecule has 5 nitrogen and oxygen atoms in total. The van der Waals surface area contributed by atoms with Crippen molar-refractivity contribution in [2.75, 3.05) is 0 Å². The van der Waals surface area contributed by atoms with E-state index >= 15 is 0 Å². The minimum absolute atomic E-state index is 0.000216. The first kappa shape index (κ1) is 8.96. The third-order valence-corrected chi connectivity index (χ3v) is 2.07. The third-order valence-electron chi connectivity index (χ3n) is 1.87. The van der Waals surface area contributed by atoms with Crippen LogP contribution in [0.1, 0.15) is 16.2 Å². The molecule has 0 aliphatic rings. The van der Waals surface area contributed by atoms with Gasteiger partial charge < -0.3 is 5.11 Å². The molecular weight excluding hydrogens is 206 g/mol. The van der Waals surface area contributed by atoms with Gasteiger partial charge in [0.05, 0.1) is 5.69 Å². The molecule has 0 aliphatic heterocycles. The molecular formula is C8H6ClN3O2. The Labute approximate surface area is 83.9 Å². The van der Waals surface area contributed by atoms with Crippen LogP contribution < -0.4 is 0 Å². The van der Waals surface area contributed by atoms with Gasteiger partial charge in [0.25, 0.3) is 0 Å². The van der Waals surface area contributed by atoms with Crippen LogP contribution >= 0.6 is 11.6 Å². The first-order chi connectivity index (χ1) is 6.59.